The fraction of sp³-hybridized carbons (Fsp3) is 0.400. The van der Waals surface area contributed by atoms with Crippen molar-refractivity contribution in [1.82, 2.24) is 10.3 Å². The van der Waals surface area contributed by atoms with Crippen molar-refractivity contribution >= 4 is 11.3 Å². The Hall–Kier alpha value is -1.39. The van der Waals surface area contributed by atoms with Crippen molar-refractivity contribution in [3.05, 3.63) is 46.4 Å². The highest BCUT2D eigenvalue weighted by atomic mass is 32.1. The van der Waals surface area contributed by atoms with Crippen LogP contribution < -0.4 is 10.1 Å². The van der Waals surface area contributed by atoms with Gasteiger partial charge in [0.05, 0.1) is 0 Å². The smallest absolute Gasteiger partial charge is 0.140 e. The lowest BCUT2D eigenvalue weighted by Crippen LogP contribution is -2.20. The third-order valence-electron chi connectivity index (χ3n) is 2.99. The Labute approximate surface area is 118 Å². The zero-order chi connectivity index (χ0) is 13.5. The van der Waals surface area contributed by atoms with Gasteiger partial charge in [0.1, 0.15) is 17.4 Å². The molecule has 0 saturated carbocycles. The van der Waals surface area contributed by atoms with E-state index in [9.17, 15) is 0 Å². The number of ether oxygens (including phenoxy) is 1. The highest BCUT2D eigenvalue weighted by Crippen LogP contribution is 2.27. The van der Waals surface area contributed by atoms with Crippen LogP contribution in [0.4, 0.5) is 0 Å². The summed E-state index contributed by atoms with van der Waals surface area (Å²) in [5.74, 6) is 0.950. The lowest BCUT2D eigenvalue weighted by Gasteiger charge is -2.19. The Balaban J connectivity index is 2.11. The number of nitrogens with one attached hydrogen (secondary N) is 1. The van der Waals surface area contributed by atoms with Gasteiger partial charge in [-0.2, -0.15) is 0 Å². The van der Waals surface area contributed by atoms with Crippen LogP contribution in [0.3, 0.4) is 0 Å². The van der Waals surface area contributed by atoms with Gasteiger partial charge in [0.2, 0.25) is 0 Å². The quantitative estimate of drug-likeness (QED) is 0.835. The molecule has 1 heterocycles. The van der Waals surface area contributed by atoms with Gasteiger partial charge in [-0.15, -0.1) is 11.3 Å². The fourth-order valence-corrected chi connectivity index (χ4v) is 2.61. The van der Waals surface area contributed by atoms with Crippen LogP contribution in [-0.4, -0.2) is 11.5 Å². The normalized spacial score (nSPS) is 12.3. The highest BCUT2D eigenvalue weighted by Gasteiger charge is 2.13. The van der Waals surface area contributed by atoms with Gasteiger partial charge in [0.15, 0.2) is 0 Å². The highest BCUT2D eigenvalue weighted by molar-refractivity contribution is 7.09. The van der Waals surface area contributed by atoms with E-state index in [1.807, 2.05) is 23.7 Å². The van der Waals surface area contributed by atoms with E-state index in [0.717, 1.165) is 23.7 Å². The molecule has 0 amide bonds. The van der Waals surface area contributed by atoms with Crippen molar-refractivity contribution in [3.8, 4) is 5.75 Å². The first-order valence-electron chi connectivity index (χ1n) is 6.68. The topological polar surface area (TPSA) is 34.1 Å². The Morgan fingerprint density at radius 3 is 2.84 bits per heavy atom. The van der Waals surface area contributed by atoms with Crippen molar-refractivity contribution in [2.24, 2.45) is 0 Å². The molecule has 102 valence electrons. The van der Waals surface area contributed by atoms with Crippen LogP contribution in [0.2, 0.25) is 0 Å². The number of nitrogens with zero attached hydrogens (tertiary/aromatic N) is 1. The Kier molecular flexibility index (Phi) is 5.36. The van der Waals surface area contributed by atoms with E-state index in [2.05, 4.69) is 36.3 Å². The molecule has 1 aromatic heterocycles. The summed E-state index contributed by atoms with van der Waals surface area (Å²) in [4.78, 5) is 4.24. The summed E-state index contributed by atoms with van der Waals surface area (Å²) in [6.07, 6.45) is 2.86. The maximum Gasteiger partial charge on any atom is 0.140 e. The average Bonchev–Trinajstić information content (AvgIpc) is 2.96. The maximum atomic E-state index is 5.92. The molecule has 1 aromatic carbocycles. The summed E-state index contributed by atoms with van der Waals surface area (Å²) in [6.45, 7) is 5.81. The monoisotopic (exact) mass is 276 g/mol. The van der Waals surface area contributed by atoms with Crippen LogP contribution in [0, 0.1) is 0 Å². The summed E-state index contributed by atoms with van der Waals surface area (Å²) in [6, 6.07) is 8.58. The van der Waals surface area contributed by atoms with E-state index in [4.69, 9.17) is 4.74 Å². The molecule has 3 nitrogen and oxygen atoms in total. The number of hydrogen-bond acceptors (Lipinski definition) is 4. The van der Waals surface area contributed by atoms with Crippen LogP contribution in [0.5, 0.6) is 5.75 Å². The van der Waals surface area contributed by atoms with Crippen molar-refractivity contribution < 1.29 is 4.74 Å². The molecular weight excluding hydrogens is 256 g/mol. The average molecular weight is 276 g/mol. The van der Waals surface area contributed by atoms with E-state index < -0.39 is 0 Å². The first-order chi connectivity index (χ1) is 9.35. The predicted octanol–water partition coefficient (Wildman–Crippen LogP) is 3.78. The molecule has 4 heteroatoms. The molecule has 0 fully saturated rings. The van der Waals surface area contributed by atoms with Crippen LogP contribution in [-0.2, 0) is 6.61 Å². The molecule has 1 atom stereocenters. The first kappa shape index (κ1) is 14.0. The van der Waals surface area contributed by atoms with Gasteiger partial charge < -0.3 is 10.1 Å². The second-order valence-electron chi connectivity index (χ2n) is 4.27. The Morgan fingerprint density at radius 2 is 2.16 bits per heavy atom. The minimum absolute atomic E-state index is 0.345. The van der Waals surface area contributed by atoms with Crippen molar-refractivity contribution in [2.75, 3.05) is 6.54 Å². The molecule has 1 N–H and O–H groups in total. The maximum absolute atomic E-state index is 5.92. The summed E-state index contributed by atoms with van der Waals surface area (Å²) in [7, 11) is 0. The minimum Gasteiger partial charge on any atom is -0.486 e. The van der Waals surface area contributed by atoms with E-state index in [1.54, 1.807) is 11.3 Å². The van der Waals surface area contributed by atoms with Gasteiger partial charge in [-0.1, -0.05) is 32.0 Å². The third-order valence-corrected chi connectivity index (χ3v) is 3.74. The summed E-state index contributed by atoms with van der Waals surface area (Å²) >= 11 is 1.62. The fourth-order valence-electron chi connectivity index (χ4n) is 2.08. The van der Waals surface area contributed by atoms with Gasteiger partial charge in [0.25, 0.3) is 0 Å². The van der Waals surface area contributed by atoms with E-state index in [-0.39, 0.29) is 0 Å². The van der Waals surface area contributed by atoms with Gasteiger partial charge >= 0.3 is 0 Å². The number of benzene rings is 1. The van der Waals surface area contributed by atoms with Crippen LogP contribution in [0.25, 0.3) is 0 Å². The molecule has 0 saturated heterocycles. The van der Waals surface area contributed by atoms with Crippen molar-refractivity contribution in [3.63, 3.8) is 0 Å². The van der Waals surface area contributed by atoms with E-state index in [0.29, 0.717) is 12.6 Å². The standard InChI is InChI=1S/C15H20N2OS/c1-3-13(16-4-2)12-7-5-6-8-14(12)18-11-15-17-9-10-19-15/h5-10,13,16H,3-4,11H2,1-2H3. The molecule has 0 aliphatic heterocycles. The molecular formula is C15H20N2OS. The summed E-state index contributed by atoms with van der Waals surface area (Å²) < 4.78 is 5.92. The molecule has 2 rings (SSSR count). The Morgan fingerprint density at radius 1 is 1.32 bits per heavy atom. The SMILES string of the molecule is CCNC(CC)c1ccccc1OCc1nccs1. The second kappa shape index (κ2) is 7.26. The Bertz CT molecular complexity index is 485. The molecule has 0 aliphatic carbocycles. The molecule has 0 bridgehead atoms. The summed E-state index contributed by atoms with van der Waals surface area (Å²) in [5.41, 5.74) is 1.23. The number of rotatable bonds is 7. The zero-order valence-electron chi connectivity index (χ0n) is 11.4. The van der Waals surface area contributed by atoms with Crippen LogP contribution in [0.1, 0.15) is 36.9 Å². The number of para-hydroxylation sites is 1. The first-order valence-corrected chi connectivity index (χ1v) is 7.56. The lowest BCUT2D eigenvalue weighted by atomic mass is 10.0. The van der Waals surface area contributed by atoms with Crippen LogP contribution in [0.15, 0.2) is 35.8 Å². The van der Waals surface area contributed by atoms with Gasteiger partial charge in [-0.25, -0.2) is 4.98 Å². The van der Waals surface area contributed by atoms with Crippen molar-refractivity contribution in [2.45, 2.75) is 32.9 Å². The van der Waals surface area contributed by atoms with Gasteiger partial charge in [0, 0.05) is 23.2 Å². The van der Waals surface area contributed by atoms with Crippen molar-refractivity contribution in [1.29, 1.82) is 0 Å². The second-order valence-corrected chi connectivity index (χ2v) is 5.25. The molecule has 1 unspecified atom stereocenters. The third kappa shape index (κ3) is 3.78. The van der Waals surface area contributed by atoms with Crippen LogP contribution >= 0.6 is 11.3 Å². The lowest BCUT2D eigenvalue weighted by molar-refractivity contribution is 0.298. The number of aromatic nitrogens is 1. The molecule has 0 spiro atoms. The number of hydrogen-bond donors (Lipinski definition) is 1. The molecule has 0 radical (unpaired) electrons. The summed E-state index contributed by atoms with van der Waals surface area (Å²) in [5, 5.41) is 6.47. The number of thiazole rings is 1. The van der Waals surface area contributed by atoms with Gasteiger partial charge in [-0.05, 0) is 19.0 Å². The molecule has 19 heavy (non-hydrogen) atoms. The minimum atomic E-state index is 0.345. The van der Waals surface area contributed by atoms with Gasteiger partial charge in [-0.3, -0.25) is 0 Å². The largest absolute Gasteiger partial charge is 0.486 e. The van der Waals surface area contributed by atoms with E-state index in [1.165, 1.54) is 5.56 Å². The zero-order valence-corrected chi connectivity index (χ0v) is 12.2. The molecule has 2 aromatic rings. The van der Waals surface area contributed by atoms with E-state index >= 15 is 0 Å². The predicted molar refractivity (Wildman–Crippen MR) is 79.6 cm³/mol. The molecule has 0 aliphatic rings.